The Morgan fingerprint density at radius 1 is 1.23 bits per heavy atom. The molecule has 0 fully saturated rings. The summed E-state index contributed by atoms with van der Waals surface area (Å²) >= 11 is 3.25. The highest BCUT2D eigenvalue weighted by Crippen LogP contribution is 2.15. The van der Waals surface area contributed by atoms with Crippen LogP contribution in [0.25, 0.3) is 17.8 Å². The lowest BCUT2D eigenvalue weighted by atomic mass is 10.1. The third-order valence-corrected chi connectivity index (χ3v) is 4.05. The molecule has 132 valence electrons. The molecule has 1 aliphatic carbocycles. The van der Waals surface area contributed by atoms with E-state index in [1.54, 1.807) is 24.3 Å². The number of amides is 1. The molecule has 0 saturated heterocycles. The molecule has 1 aromatic heterocycles. The van der Waals surface area contributed by atoms with Crippen LogP contribution in [0, 0.1) is 20.2 Å². The Kier molecular flexibility index (Phi) is 4.63. The Bertz CT molecular complexity index is 1060. The smallest absolute Gasteiger partial charge is 0.333 e. The number of nitro groups is 2. The third-order valence-electron chi connectivity index (χ3n) is 3.52. The summed E-state index contributed by atoms with van der Waals surface area (Å²) in [7, 11) is 0. The number of aromatic amines is 1. The van der Waals surface area contributed by atoms with Gasteiger partial charge in [0.1, 0.15) is 0 Å². The van der Waals surface area contributed by atoms with Crippen molar-refractivity contribution in [2.75, 3.05) is 5.32 Å². The van der Waals surface area contributed by atoms with Crippen LogP contribution < -0.4 is 16.1 Å². The molecule has 1 aliphatic rings. The van der Waals surface area contributed by atoms with E-state index < -0.39 is 27.5 Å². The topological polar surface area (TPSA) is 144 Å². The monoisotopic (exact) mass is 419 g/mol. The molecule has 11 heteroatoms. The molecule has 0 spiro atoms. The van der Waals surface area contributed by atoms with Crippen LogP contribution in [-0.4, -0.2) is 31.8 Å². The summed E-state index contributed by atoms with van der Waals surface area (Å²) in [6.45, 7) is 0. The zero-order chi connectivity index (χ0) is 18.8. The van der Waals surface area contributed by atoms with E-state index >= 15 is 0 Å². The molecular formula is C15H10BrN5O5. The van der Waals surface area contributed by atoms with Gasteiger partial charge in [-0.25, -0.2) is 4.98 Å². The highest BCUT2D eigenvalue weighted by Gasteiger charge is 2.26. The number of rotatable bonds is 4. The Balaban J connectivity index is 2.03. The number of aromatic nitrogens is 2. The van der Waals surface area contributed by atoms with Crippen LogP contribution in [0.15, 0.2) is 34.8 Å². The van der Waals surface area contributed by atoms with Crippen LogP contribution in [0.5, 0.6) is 0 Å². The third kappa shape index (κ3) is 3.52. The molecule has 0 bridgehead atoms. The van der Waals surface area contributed by atoms with Crippen molar-refractivity contribution in [2.24, 2.45) is 0 Å². The molecular weight excluding hydrogens is 410 g/mol. The molecule has 1 unspecified atom stereocenters. The Morgan fingerprint density at radius 3 is 2.54 bits per heavy atom. The molecule has 1 atom stereocenters. The van der Waals surface area contributed by atoms with Crippen LogP contribution in [0.3, 0.4) is 0 Å². The van der Waals surface area contributed by atoms with E-state index in [1.165, 1.54) is 18.2 Å². The maximum Gasteiger partial charge on any atom is 0.375 e. The van der Waals surface area contributed by atoms with E-state index in [-0.39, 0.29) is 16.5 Å². The first-order valence-corrected chi connectivity index (χ1v) is 7.99. The van der Waals surface area contributed by atoms with Crippen molar-refractivity contribution in [3.8, 4) is 0 Å². The molecule has 26 heavy (non-hydrogen) atoms. The predicted molar refractivity (Wildman–Crippen MR) is 95.3 cm³/mol. The average molecular weight is 420 g/mol. The standard InChI is InChI=1S/C15H10BrN5O5/c16-8-1-3-9(4-2-8)17-15(22)13(21(25)26)14-18-11-6-5-10(20(23)24)7-12(11)19-14/h1-7,10,19H,(H,17,22)/b14-13-. The van der Waals surface area contributed by atoms with Gasteiger partial charge in [-0.2, -0.15) is 0 Å². The first kappa shape index (κ1) is 17.5. The number of halogens is 1. The zero-order valence-corrected chi connectivity index (χ0v) is 14.5. The largest absolute Gasteiger partial charge is 0.375 e. The molecule has 0 saturated carbocycles. The molecule has 10 nitrogen and oxygen atoms in total. The second-order valence-corrected chi connectivity index (χ2v) is 6.17. The van der Waals surface area contributed by atoms with Crippen molar-refractivity contribution in [3.05, 3.63) is 71.6 Å². The van der Waals surface area contributed by atoms with Gasteiger partial charge >= 0.3 is 11.6 Å². The second kappa shape index (κ2) is 6.88. The number of carbonyl (C=O) groups is 1. The fourth-order valence-electron chi connectivity index (χ4n) is 2.31. The van der Waals surface area contributed by atoms with E-state index in [1.807, 2.05) is 0 Å². The van der Waals surface area contributed by atoms with Gasteiger partial charge in [0.05, 0.1) is 16.0 Å². The summed E-state index contributed by atoms with van der Waals surface area (Å²) < 4.78 is 0.787. The van der Waals surface area contributed by atoms with E-state index in [0.29, 0.717) is 5.69 Å². The van der Waals surface area contributed by atoms with Crippen molar-refractivity contribution in [3.63, 3.8) is 0 Å². The van der Waals surface area contributed by atoms with E-state index in [2.05, 4.69) is 31.2 Å². The van der Waals surface area contributed by atoms with E-state index in [9.17, 15) is 25.0 Å². The Labute approximate surface area is 153 Å². The first-order chi connectivity index (χ1) is 12.3. The van der Waals surface area contributed by atoms with Gasteiger partial charge in [0, 0.05) is 21.2 Å². The maximum absolute atomic E-state index is 12.3. The van der Waals surface area contributed by atoms with Crippen molar-refractivity contribution in [2.45, 2.75) is 6.04 Å². The second-order valence-electron chi connectivity index (χ2n) is 5.25. The molecule has 2 aromatic rings. The number of carbonyl (C=O) groups excluding carboxylic acids is 1. The predicted octanol–water partition coefficient (Wildman–Crippen LogP) is 0.648. The van der Waals surface area contributed by atoms with Gasteiger partial charge in [-0.1, -0.05) is 15.9 Å². The number of nitrogens with one attached hydrogen (secondary N) is 2. The average Bonchev–Trinajstić information content (AvgIpc) is 2.98. The summed E-state index contributed by atoms with van der Waals surface area (Å²) in [6.07, 6.45) is 3.96. The van der Waals surface area contributed by atoms with Gasteiger partial charge in [0.2, 0.25) is 5.48 Å². The molecule has 1 amide bonds. The van der Waals surface area contributed by atoms with Gasteiger partial charge in [0.15, 0.2) is 0 Å². The summed E-state index contributed by atoms with van der Waals surface area (Å²) in [6, 6.07) is 5.43. The summed E-state index contributed by atoms with van der Waals surface area (Å²) in [5, 5.41) is 24.9. The summed E-state index contributed by atoms with van der Waals surface area (Å²) in [4.78, 5) is 39.8. The molecule has 0 aliphatic heterocycles. The van der Waals surface area contributed by atoms with Crippen molar-refractivity contribution < 1.29 is 14.6 Å². The minimum absolute atomic E-state index is 0.250. The van der Waals surface area contributed by atoms with Crippen molar-refractivity contribution in [1.29, 1.82) is 0 Å². The normalized spacial score (nSPS) is 16.3. The highest BCUT2D eigenvalue weighted by atomic mass is 79.9. The Hall–Kier alpha value is -3.34. The lowest BCUT2D eigenvalue weighted by Gasteiger charge is -2.02. The van der Waals surface area contributed by atoms with Crippen LogP contribution in [0.4, 0.5) is 5.69 Å². The quantitative estimate of drug-likeness (QED) is 0.549. The van der Waals surface area contributed by atoms with Gasteiger partial charge in [-0.05, 0) is 36.4 Å². The molecule has 1 heterocycles. The number of H-pyrrole nitrogens is 1. The lowest BCUT2D eigenvalue weighted by Crippen LogP contribution is -2.29. The summed E-state index contributed by atoms with van der Waals surface area (Å²) in [5.74, 6) is -0.960. The van der Waals surface area contributed by atoms with Crippen molar-refractivity contribution in [1.82, 2.24) is 9.97 Å². The van der Waals surface area contributed by atoms with Crippen LogP contribution in [0.2, 0.25) is 0 Å². The van der Waals surface area contributed by atoms with E-state index in [4.69, 9.17) is 0 Å². The SMILES string of the molecule is O=C(Nc1ccc(Br)cc1)/C(=c1\nc2c([nH]1)=CC([N+](=O)[O-])C=C2)[N+](=O)[O-]. The van der Waals surface area contributed by atoms with Gasteiger partial charge in [-0.3, -0.25) is 25.0 Å². The molecule has 0 radical (unpaired) electrons. The highest BCUT2D eigenvalue weighted by molar-refractivity contribution is 9.10. The number of fused-ring (bicyclic) bond motifs is 1. The molecule has 2 N–H and O–H groups in total. The van der Waals surface area contributed by atoms with Crippen LogP contribution in [0.1, 0.15) is 5.69 Å². The fourth-order valence-corrected chi connectivity index (χ4v) is 2.58. The van der Waals surface area contributed by atoms with Crippen LogP contribution in [-0.2, 0) is 4.79 Å². The van der Waals surface area contributed by atoms with Gasteiger partial charge in [-0.15, -0.1) is 0 Å². The fraction of sp³-hybridized carbons (Fsp3) is 0.0667. The maximum atomic E-state index is 12.3. The lowest BCUT2D eigenvalue weighted by molar-refractivity contribution is -0.491. The van der Waals surface area contributed by atoms with E-state index in [0.717, 1.165) is 4.47 Å². The van der Waals surface area contributed by atoms with Gasteiger partial charge in [0.25, 0.3) is 6.04 Å². The number of imidazole rings is 1. The number of anilines is 1. The Morgan fingerprint density at radius 2 is 1.92 bits per heavy atom. The van der Waals surface area contributed by atoms with Gasteiger partial charge < -0.3 is 10.3 Å². The number of hydrogen-bond acceptors (Lipinski definition) is 6. The van der Waals surface area contributed by atoms with Crippen LogP contribution >= 0.6 is 15.9 Å². The minimum atomic E-state index is -1.06. The van der Waals surface area contributed by atoms with Crippen molar-refractivity contribution >= 4 is 45.4 Å². The first-order valence-electron chi connectivity index (χ1n) is 7.20. The number of benzene rings is 1. The zero-order valence-electron chi connectivity index (χ0n) is 12.9. The number of hydrogen-bond donors (Lipinski definition) is 2. The summed E-state index contributed by atoms with van der Waals surface area (Å²) in [5.41, 5.74) is -0.413. The minimum Gasteiger partial charge on any atom is -0.333 e. The number of nitrogens with zero attached hydrogens (tertiary/aromatic N) is 3. The molecule has 1 aromatic carbocycles. The molecule has 3 rings (SSSR count).